The summed E-state index contributed by atoms with van der Waals surface area (Å²) >= 11 is 0. The Kier molecular flexibility index (Phi) is 9.44. The Morgan fingerprint density at radius 3 is 2.35 bits per heavy atom. The highest BCUT2D eigenvalue weighted by Crippen LogP contribution is 2.22. The first-order valence-electron chi connectivity index (χ1n) is 11.7. The molecule has 1 aromatic rings. The number of likely N-dealkylation sites (tertiary alicyclic amines) is 3. The summed E-state index contributed by atoms with van der Waals surface area (Å²) in [5.74, 6) is 1.76. The number of aliphatic imine (C=N–C) groups is 1. The number of nitrogens with one attached hydrogen (secondary N) is 1. The summed E-state index contributed by atoms with van der Waals surface area (Å²) in [5.41, 5.74) is 1.41. The van der Waals surface area contributed by atoms with Gasteiger partial charge in [-0.15, -0.1) is 24.0 Å². The molecule has 3 saturated heterocycles. The van der Waals surface area contributed by atoms with Gasteiger partial charge >= 0.3 is 0 Å². The molecule has 1 aromatic carbocycles. The van der Waals surface area contributed by atoms with Gasteiger partial charge in [-0.2, -0.15) is 0 Å². The molecule has 1 atom stereocenters. The van der Waals surface area contributed by atoms with Gasteiger partial charge in [-0.1, -0.05) is 30.3 Å². The van der Waals surface area contributed by atoms with E-state index in [-0.39, 0.29) is 29.9 Å². The first kappa shape index (κ1) is 24.3. The molecule has 0 aromatic heterocycles. The van der Waals surface area contributed by atoms with Crippen molar-refractivity contribution in [3.05, 3.63) is 35.9 Å². The Morgan fingerprint density at radius 2 is 1.68 bits per heavy atom. The van der Waals surface area contributed by atoms with Gasteiger partial charge in [0.1, 0.15) is 0 Å². The molecule has 0 saturated carbocycles. The van der Waals surface area contributed by atoms with Crippen LogP contribution < -0.4 is 5.32 Å². The highest BCUT2D eigenvalue weighted by molar-refractivity contribution is 14.0. The second-order valence-electron chi connectivity index (χ2n) is 9.05. The Balaban J connectivity index is 0.00000272. The van der Waals surface area contributed by atoms with Gasteiger partial charge in [-0.05, 0) is 63.1 Å². The number of carbonyl (C=O) groups excluding carboxylic acids is 1. The molecule has 0 radical (unpaired) electrons. The highest BCUT2D eigenvalue weighted by Gasteiger charge is 2.31. The fourth-order valence-electron chi connectivity index (χ4n) is 5.27. The van der Waals surface area contributed by atoms with Crippen LogP contribution in [-0.4, -0.2) is 85.5 Å². The van der Waals surface area contributed by atoms with Crippen molar-refractivity contribution in [2.45, 2.75) is 44.6 Å². The van der Waals surface area contributed by atoms with Crippen molar-refractivity contribution in [2.75, 3.05) is 52.9 Å². The number of amides is 1. The Bertz CT molecular complexity index is 714. The second kappa shape index (κ2) is 12.0. The van der Waals surface area contributed by atoms with Gasteiger partial charge < -0.3 is 15.1 Å². The molecule has 3 fully saturated rings. The summed E-state index contributed by atoms with van der Waals surface area (Å²) in [7, 11) is 1.82. The molecule has 6 nitrogen and oxygen atoms in total. The van der Waals surface area contributed by atoms with E-state index in [9.17, 15) is 4.79 Å². The molecule has 0 bridgehead atoms. The maximum Gasteiger partial charge on any atom is 0.241 e. The molecule has 4 rings (SSSR count). The third-order valence-corrected chi connectivity index (χ3v) is 7.06. The number of hydrogen-bond donors (Lipinski definition) is 1. The second-order valence-corrected chi connectivity index (χ2v) is 9.05. The molecule has 0 spiro atoms. The first-order valence-corrected chi connectivity index (χ1v) is 11.7. The van der Waals surface area contributed by atoms with Crippen molar-refractivity contribution in [1.29, 1.82) is 0 Å². The van der Waals surface area contributed by atoms with E-state index in [4.69, 9.17) is 0 Å². The standard InChI is InChI=1S/C24H37N5O.HI/c1-25-24(29-16-11-22(19-29)27-12-5-6-13-27)26-18-23(30)28-14-9-21(10-15-28)17-20-7-3-2-4-8-20;/h2-4,7-8,21-22H,5-6,9-19H2,1H3,(H,25,26);1H. The number of carbonyl (C=O) groups is 1. The van der Waals surface area contributed by atoms with Crippen molar-refractivity contribution in [3.8, 4) is 0 Å². The zero-order valence-corrected chi connectivity index (χ0v) is 21.2. The van der Waals surface area contributed by atoms with Crippen molar-refractivity contribution >= 4 is 35.8 Å². The van der Waals surface area contributed by atoms with Crippen LogP contribution in [0.4, 0.5) is 0 Å². The van der Waals surface area contributed by atoms with Crippen molar-refractivity contribution < 1.29 is 4.79 Å². The molecule has 0 aliphatic carbocycles. The van der Waals surface area contributed by atoms with E-state index < -0.39 is 0 Å². The average molecular weight is 540 g/mol. The van der Waals surface area contributed by atoms with Gasteiger partial charge in [0, 0.05) is 39.3 Å². The van der Waals surface area contributed by atoms with Crippen LogP contribution in [-0.2, 0) is 11.2 Å². The van der Waals surface area contributed by atoms with Crippen LogP contribution in [0.2, 0.25) is 0 Å². The lowest BCUT2D eigenvalue weighted by molar-refractivity contribution is -0.131. The highest BCUT2D eigenvalue weighted by atomic mass is 127. The molecule has 3 aliphatic rings. The summed E-state index contributed by atoms with van der Waals surface area (Å²) in [5, 5.41) is 3.34. The quantitative estimate of drug-likeness (QED) is 0.356. The largest absolute Gasteiger partial charge is 0.347 e. The van der Waals surface area contributed by atoms with E-state index in [1.165, 1.54) is 37.9 Å². The van der Waals surface area contributed by atoms with Crippen LogP contribution in [0.15, 0.2) is 35.3 Å². The minimum atomic E-state index is 0. The minimum absolute atomic E-state index is 0. The maximum atomic E-state index is 12.8. The minimum Gasteiger partial charge on any atom is -0.347 e. The Hall–Kier alpha value is -1.35. The van der Waals surface area contributed by atoms with E-state index >= 15 is 0 Å². The smallest absolute Gasteiger partial charge is 0.241 e. The lowest BCUT2D eigenvalue weighted by atomic mass is 9.90. The lowest BCUT2D eigenvalue weighted by Crippen LogP contribution is -2.48. The Labute approximate surface area is 204 Å². The van der Waals surface area contributed by atoms with Gasteiger partial charge in [0.2, 0.25) is 5.91 Å². The summed E-state index contributed by atoms with van der Waals surface area (Å²) in [6.07, 6.45) is 7.18. The van der Waals surface area contributed by atoms with Crippen LogP contribution >= 0.6 is 24.0 Å². The number of rotatable bonds is 5. The van der Waals surface area contributed by atoms with Crippen molar-refractivity contribution in [2.24, 2.45) is 10.9 Å². The topological polar surface area (TPSA) is 51.2 Å². The summed E-state index contributed by atoms with van der Waals surface area (Å²) in [6, 6.07) is 11.4. The van der Waals surface area contributed by atoms with E-state index in [0.29, 0.717) is 18.5 Å². The third kappa shape index (κ3) is 6.57. The zero-order valence-electron chi connectivity index (χ0n) is 18.8. The number of guanidine groups is 1. The first-order chi connectivity index (χ1) is 14.7. The van der Waals surface area contributed by atoms with E-state index in [0.717, 1.165) is 51.4 Å². The van der Waals surface area contributed by atoms with Crippen LogP contribution in [0.5, 0.6) is 0 Å². The average Bonchev–Trinajstić information content (AvgIpc) is 3.48. The van der Waals surface area contributed by atoms with Crippen molar-refractivity contribution in [1.82, 2.24) is 20.0 Å². The molecule has 1 unspecified atom stereocenters. The van der Waals surface area contributed by atoms with Gasteiger partial charge in [0.05, 0.1) is 6.54 Å². The fourth-order valence-corrected chi connectivity index (χ4v) is 5.27. The summed E-state index contributed by atoms with van der Waals surface area (Å²) in [4.78, 5) is 24.2. The van der Waals surface area contributed by atoms with Crippen LogP contribution in [0.1, 0.15) is 37.7 Å². The zero-order chi connectivity index (χ0) is 20.8. The molecule has 3 heterocycles. The summed E-state index contributed by atoms with van der Waals surface area (Å²) < 4.78 is 0. The SMILES string of the molecule is CN=C(NCC(=O)N1CCC(Cc2ccccc2)CC1)N1CCC(N2CCCC2)C1.I. The van der Waals surface area contributed by atoms with Crippen molar-refractivity contribution in [3.63, 3.8) is 0 Å². The maximum absolute atomic E-state index is 12.8. The molecular weight excluding hydrogens is 501 g/mol. The molecule has 31 heavy (non-hydrogen) atoms. The normalized spacial score (nSPS) is 23.1. The molecule has 7 heteroatoms. The van der Waals surface area contributed by atoms with Gasteiger partial charge in [0.15, 0.2) is 5.96 Å². The molecular formula is C24H38IN5O. The summed E-state index contributed by atoms with van der Waals surface area (Å²) in [6.45, 7) is 6.63. The number of nitrogens with zero attached hydrogens (tertiary/aromatic N) is 4. The van der Waals surface area contributed by atoms with E-state index in [2.05, 4.69) is 50.4 Å². The lowest BCUT2D eigenvalue weighted by Gasteiger charge is -2.32. The monoisotopic (exact) mass is 539 g/mol. The fraction of sp³-hybridized carbons (Fsp3) is 0.667. The van der Waals surface area contributed by atoms with E-state index in [1.54, 1.807) is 0 Å². The molecule has 1 amide bonds. The predicted octanol–water partition coefficient (Wildman–Crippen LogP) is 2.83. The number of piperidine rings is 1. The molecule has 1 N–H and O–H groups in total. The number of benzene rings is 1. The predicted molar refractivity (Wildman–Crippen MR) is 137 cm³/mol. The third-order valence-electron chi connectivity index (χ3n) is 7.06. The van der Waals surface area contributed by atoms with Crippen LogP contribution in [0.3, 0.4) is 0 Å². The number of hydrogen-bond acceptors (Lipinski definition) is 3. The Morgan fingerprint density at radius 1 is 1.00 bits per heavy atom. The van der Waals surface area contributed by atoms with Gasteiger partial charge in [-0.25, -0.2) is 0 Å². The van der Waals surface area contributed by atoms with E-state index in [1.807, 2.05) is 11.9 Å². The van der Waals surface area contributed by atoms with Crippen LogP contribution in [0.25, 0.3) is 0 Å². The van der Waals surface area contributed by atoms with Crippen LogP contribution in [0, 0.1) is 5.92 Å². The molecule has 172 valence electrons. The molecule has 3 aliphatic heterocycles. The van der Waals surface area contributed by atoms with Gasteiger partial charge in [-0.3, -0.25) is 14.7 Å². The number of halogens is 1. The van der Waals surface area contributed by atoms with Gasteiger partial charge in [0.25, 0.3) is 0 Å².